The minimum absolute atomic E-state index is 0.0116. The van der Waals surface area contributed by atoms with Crippen LogP contribution in [0, 0.1) is 19.7 Å². The first-order valence-electron chi connectivity index (χ1n) is 10.5. The number of nitrogens with zero attached hydrogens (tertiary/aromatic N) is 6. The number of hydrogen-bond donors (Lipinski definition) is 2. The second-order valence-corrected chi connectivity index (χ2v) is 7.97. The molecule has 1 aromatic carbocycles. The average Bonchev–Trinajstić information content (AvgIpc) is 3.15. The Hall–Kier alpha value is -4.60. The Morgan fingerprint density at radius 1 is 1.06 bits per heavy atom. The number of hydrogen-bond acceptors (Lipinski definition) is 6. The van der Waals surface area contributed by atoms with Crippen LogP contribution in [0.15, 0.2) is 65.6 Å². The van der Waals surface area contributed by atoms with Crippen LogP contribution in [0.1, 0.15) is 17.1 Å². The van der Waals surface area contributed by atoms with Gasteiger partial charge in [0.15, 0.2) is 5.65 Å². The Balaban J connectivity index is 1.82. The smallest absolute Gasteiger partial charge is 0.353 e. The number of aromatic nitrogens is 6. The molecule has 0 saturated carbocycles. The third kappa shape index (κ3) is 3.54. The summed E-state index contributed by atoms with van der Waals surface area (Å²) in [5.74, 6) is -0.479. The Morgan fingerprint density at radius 2 is 1.76 bits per heavy atom. The first-order chi connectivity index (χ1) is 16.3. The maximum atomic E-state index is 13.3. The molecule has 0 radical (unpaired) electrons. The molecule has 0 aliphatic rings. The van der Waals surface area contributed by atoms with Gasteiger partial charge in [0, 0.05) is 41.8 Å². The highest BCUT2D eigenvalue weighted by Gasteiger charge is 2.24. The molecule has 5 rings (SSSR count). The van der Waals surface area contributed by atoms with Crippen molar-refractivity contribution in [2.24, 2.45) is 0 Å². The number of halogens is 1. The van der Waals surface area contributed by atoms with Crippen LogP contribution in [0.5, 0.6) is 0 Å². The summed E-state index contributed by atoms with van der Waals surface area (Å²) in [6.07, 6.45) is 1.09. The van der Waals surface area contributed by atoms with Crippen LogP contribution in [-0.2, 0) is 6.54 Å². The highest BCUT2D eigenvalue weighted by molar-refractivity contribution is 5.90. The van der Waals surface area contributed by atoms with Crippen molar-refractivity contribution >= 4 is 11.6 Å². The number of benzene rings is 1. The van der Waals surface area contributed by atoms with E-state index in [1.54, 1.807) is 26.0 Å². The van der Waals surface area contributed by atoms with Gasteiger partial charge < -0.3 is 5.73 Å². The fourth-order valence-electron chi connectivity index (χ4n) is 3.97. The molecule has 4 heterocycles. The summed E-state index contributed by atoms with van der Waals surface area (Å²) in [6, 6.07) is 15.8. The predicted octanol–water partition coefficient (Wildman–Crippen LogP) is 2.53. The van der Waals surface area contributed by atoms with Crippen molar-refractivity contribution in [3.05, 3.63) is 94.2 Å². The summed E-state index contributed by atoms with van der Waals surface area (Å²) in [7, 11) is 0. The lowest BCUT2D eigenvalue weighted by atomic mass is 9.99. The lowest BCUT2D eigenvalue weighted by Gasteiger charge is -2.12. The van der Waals surface area contributed by atoms with Crippen molar-refractivity contribution in [1.82, 2.24) is 24.1 Å². The van der Waals surface area contributed by atoms with Gasteiger partial charge in [-0.1, -0.05) is 30.3 Å². The first-order valence-corrected chi connectivity index (χ1v) is 10.5. The molecular formula is C24H21FN7O2+. The standard InChI is InChI=1S/C24H20FN7O2/c1-14-10-17(11-15(2)32(14)34)20-21(16-6-4-3-5-7-16)28-23(26)31-22(20)29-30(24(31)33)13-19-9-8-18(25)12-27-19/h3-12,26,34H,13H2,1-2H3/p+1. The largest absolute Gasteiger partial charge is 0.369 e. The number of nitrogens with two attached hydrogens (primary N) is 1. The van der Waals surface area contributed by atoms with Gasteiger partial charge >= 0.3 is 5.69 Å². The van der Waals surface area contributed by atoms with Gasteiger partial charge in [-0.2, -0.15) is 0 Å². The third-order valence-corrected chi connectivity index (χ3v) is 5.59. The van der Waals surface area contributed by atoms with E-state index in [2.05, 4.69) is 15.1 Å². The van der Waals surface area contributed by atoms with Gasteiger partial charge in [-0.25, -0.2) is 23.3 Å². The van der Waals surface area contributed by atoms with E-state index in [-0.39, 0.29) is 12.5 Å². The minimum Gasteiger partial charge on any atom is -0.369 e. The molecule has 3 N–H and O–H groups in total. The van der Waals surface area contributed by atoms with E-state index in [9.17, 15) is 14.4 Å². The molecular weight excluding hydrogens is 437 g/mol. The highest BCUT2D eigenvalue weighted by Crippen LogP contribution is 2.34. The molecule has 0 aliphatic heterocycles. The average molecular weight is 458 g/mol. The topological polar surface area (TPSA) is 115 Å². The summed E-state index contributed by atoms with van der Waals surface area (Å²) in [5.41, 5.74) is 10.4. The zero-order valence-corrected chi connectivity index (χ0v) is 18.5. The number of nitrogen functional groups attached to an aromatic ring is 1. The lowest BCUT2D eigenvalue weighted by Crippen LogP contribution is -2.37. The fraction of sp³-hybridized carbons (Fsp3) is 0.125. The Kier molecular flexibility index (Phi) is 5.05. The molecule has 0 spiro atoms. The molecule has 4 aromatic heterocycles. The maximum absolute atomic E-state index is 13.3. The summed E-state index contributed by atoms with van der Waals surface area (Å²) in [4.78, 5) is 21.8. The van der Waals surface area contributed by atoms with E-state index in [0.717, 1.165) is 16.5 Å². The normalized spacial score (nSPS) is 11.3. The number of anilines is 1. The van der Waals surface area contributed by atoms with Crippen LogP contribution in [0.3, 0.4) is 0 Å². The highest BCUT2D eigenvalue weighted by atomic mass is 19.1. The van der Waals surface area contributed by atoms with Gasteiger partial charge in [0.25, 0.3) is 0 Å². The number of rotatable bonds is 4. The zero-order valence-electron chi connectivity index (χ0n) is 18.5. The van der Waals surface area contributed by atoms with Crippen LogP contribution in [-0.4, -0.2) is 29.4 Å². The Morgan fingerprint density at radius 3 is 2.41 bits per heavy atom. The molecule has 0 fully saturated rings. The van der Waals surface area contributed by atoms with Gasteiger partial charge in [0.05, 0.1) is 29.7 Å². The maximum Gasteiger partial charge on any atom is 0.353 e. The van der Waals surface area contributed by atoms with Crippen LogP contribution < -0.4 is 16.2 Å². The summed E-state index contributed by atoms with van der Waals surface area (Å²) < 4.78 is 16.8. The fourth-order valence-corrected chi connectivity index (χ4v) is 3.97. The SMILES string of the molecule is Cc1cc(-c2c(-c3ccccc3)nc(N)n3c(=O)n(Cc4ccc(F)cn4)nc23)cc(C)[n+]1O. The third-order valence-electron chi connectivity index (χ3n) is 5.59. The number of fused-ring (bicyclic) bond motifs is 1. The molecule has 0 saturated heterocycles. The number of pyridine rings is 2. The van der Waals surface area contributed by atoms with E-state index >= 15 is 0 Å². The van der Waals surface area contributed by atoms with E-state index in [1.807, 2.05) is 30.3 Å². The van der Waals surface area contributed by atoms with Crippen molar-refractivity contribution < 1.29 is 14.3 Å². The van der Waals surface area contributed by atoms with Gasteiger partial charge in [-0.3, -0.25) is 10.2 Å². The first kappa shape index (κ1) is 21.3. The minimum atomic E-state index is -0.492. The van der Waals surface area contributed by atoms with Crippen molar-refractivity contribution in [3.8, 4) is 22.4 Å². The Bertz CT molecular complexity index is 1570. The molecule has 5 aromatic rings. The van der Waals surface area contributed by atoms with Gasteiger partial charge in [0.2, 0.25) is 17.3 Å². The molecule has 170 valence electrons. The van der Waals surface area contributed by atoms with Crippen LogP contribution >= 0.6 is 0 Å². The molecule has 0 unspecified atom stereocenters. The second-order valence-electron chi connectivity index (χ2n) is 7.97. The van der Waals surface area contributed by atoms with E-state index in [1.165, 1.54) is 21.2 Å². The molecule has 9 nitrogen and oxygen atoms in total. The van der Waals surface area contributed by atoms with Gasteiger partial charge in [-0.15, -0.1) is 5.10 Å². The second kappa shape index (κ2) is 8.07. The van der Waals surface area contributed by atoms with Crippen molar-refractivity contribution in [2.45, 2.75) is 20.4 Å². The molecule has 0 aliphatic carbocycles. The molecule has 0 amide bonds. The molecule has 0 atom stereocenters. The summed E-state index contributed by atoms with van der Waals surface area (Å²) >= 11 is 0. The van der Waals surface area contributed by atoms with E-state index in [0.29, 0.717) is 39.5 Å². The van der Waals surface area contributed by atoms with Crippen LogP contribution in [0.2, 0.25) is 0 Å². The quantitative estimate of drug-likeness (QED) is 0.316. The molecule has 34 heavy (non-hydrogen) atoms. The van der Waals surface area contributed by atoms with E-state index < -0.39 is 11.5 Å². The van der Waals surface area contributed by atoms with Crippen molar-refractivity contribution in [3.63, 3.8) is 0 Å². The van der Waals surface area contributed by atoms with Crippen molar-refractivity contribution in [1.29, 1.82) is 0 Å². The monoisotopic (exact) mass is 458 g/mol. The van der Waals surface area contributed by atoms with Crippen LogP contribution in [0.25, 0.3) is 28.0 Å². The van der Waals surface area contributed by atoms with Crippen LogP contribution in [0.4, 0.5) is 10.3 Å². The number of aryl methyl sites for hydroxylation is 2. The molecule has 0 bridgehead atoms. The van der Waals surface area contributed by atoms with E-state index in [4.69, 9.17) is 5.73 Å². The van der Waals surface area contributed by atoms with Crippen molar-refractivity contribution in [2.75, 3.05) is 5.73 Å². The predicted molar refractivity (Wildman–Crippen MR) is 123 cm³/mol. The summed E-state index contributed by atoms with van der Waals surface area (Å²) in [5, 5.41) is 14.8. The summed E-state index contributed by atoms with van der Waals surface area (Å²) in [6.45, 7) is 3.57. The molecule has 10 heteroatoms. The van der Waals surface area contributed by atoms with Gasteiger partial charge in [0.1, 0.15) is 5.82 Å². The zero-order chi connectivity index (χ0) is 24.0. The Labute approximate surface area is 193 Å². The van der Waals surface area contributed by atoms with Gasteiger partial charge in [-0.05, 0) is 12.1 Å². The lowest BCUT2D eigenvalue weighted by molar-refractivity contribution is -0.912.